The molecule has 9 heteroatoms. The number of halogens is 9. The maximum Gasteiger partial charge on any atom is 0.226 e. The molecule has 0 saturated carbocycles. The van der Waals surface area contributed by atoms with E-state index in [-0.39, 0.29) is 0 Å². The van der Waals surface area contributed by atoms with E-state index in [1.165, 1.54) is 0 Å². The van der Waals surface area contributed by atoms with Gasteiger partial charge in [0.05, 0.1) is 0 Å². The van der Waals surface area contributed by atoms with Gasteiger partial charge in [0.25, 0.3) is 0 Å². The van der Waals surface area contributed by atoms with Crippen molar-refractivity contribution in [3.8, 4) is 0 Å². The van der Waals surface area contributed by atoms with E-state index in [0.29, 0.717) is 12.0 Å². The number of hydrogen-bond acceptors (Lipinski definition) is 0. The van der Waals surface area contributed by atoms with Crippen LogP contribution in [-0.2, 0) is 10.8 Å². The molecule has 0 aliphatic heterocycles. The summed E-state index contributed by atoms with van der Waals surface area (Å²) < 4.78 is -8.70. The lowest BCUT2D eigenvalue weighted by Crippen LogP contribution is -2.54. The van der Waals surface area contributed by atoms with Gasteiger partial charge in [-0.15, -0.1) is 0 Å². The second kappa shape index (κ2) is 6.98. The maximum absolute atomic E-state index is 6.28. The molecular weight excluding hydrogens is 463 g/mol. The summed E-state index contributed by atoms with van der Waals surface area (Å²) in [6.07, 6.45) is 0.591. The third-order valence-electron chi connectivity index (χ3n) is 2.75. The van der Waals surface area contributed by atoms with Crippen LogP contribution in [0.25, 0.3) is 0 Å². The molecule has 1 aromatic carbocycles. The summed E-state index contributed by atoms with van der Waals surface area (Å²) in [6, 6.07) is 6.74. The van der Waals surface area contributed by atoms with Crippen LogP contribution >= 0.6 is 104 Å². The van der Waals surface area contributed by atoms with Crippen LogP contribution in [0.3, 0.4) is 0 Å². The van der Waals surface area contributed by atoms with Crippen LogP contribution in [0.1, 0.15) is 11.1 Å². The molecule has 0 aliphatic rings. The molecule has 0 N–H and O–H groups in total. The Morgan fingerprint density at radius 1 is 0.714 bits per heavy atom. The van der Waals surface area contributed by atoms with Crippen molar-refractivity contribution in [1.82, 2.24) is 0 Å². The highest BCUT2D eigenvalue weighted by atomic mass is 35.6. The summed E-state index contributed by atoms with van der Waals surface area (Å²) >= 11 is 54.1. The smallest absolute Gasteiger partial charge is 0.0943 e. The fraction of sp³-hybridized carbons (Fsp3) is 0.417. The van der Waals surface area contributed by atoms with Gasteiger partial charge in [-0.3, -0.25) is 0 Å². The van der Waals surface area contributed by atoms with Crippen molar-refractivity contribution in [2.75, 3.05) is 0 Å². The minimum absolute atomic E-state index is 0.341. The van der Waals surface area contributed by atoms with Crippen molar-refractivity contribution < 1.29 is 0 Å². The summed E-state index contributed by atoms with van der Waals surface area (Å²) in [5.74, 6) is 0. The molecule has 0 atom stereocenters. The second-order valence-corrected chi connectivity index (χ2v) is 10.4. The standard InChI is InChI=1S/C12H8Cl9/c1-2-7-3-5-8(6-4-7)9(13,14)10(15,16)11(17,18)12(19,20)21/h3-6H,1-2H2. The van der Waals surface area contributed by atoms with Crippen LogP contribution in [0.2, 0.25) is 0 Å². The van der Waals surface area contributed by atoms with Crippen LogP contribution in [0, 0.1) is 6.92 Å². The van der Waals surface area contributed by atoms with E-state index in [1.807, 2.05) is 0 Å². The number of rotatable bonds is 4. The Kier molecular flexibility index (Phi) is 6.94. The molecule has 1 aromatic rings. The number of benzene rings is 1. The van der Waals surface area contributed by atoms with Crippen LogP contribution in [-0.4, -0.2) is 12.5 Å². The molecule has 0 aromatic heterocycles. The molecule has 0 fully saturated rings. The molecule has 0 bridgehead atoms. The van der Waals surface area contributed by atoms with Crippen LogP contribution in [0.4, 0.5) is 0 Å². The molecule has 0 spiro atoms. The molecule has 0 unspecified atom stereocenters. The molecule has 0 nitrogen and oxygen atoms in total. The fourth-order valence-electron chi connectivity index (χ4n) is 1.44. The van der Waals surface area contributed by atoms with Gasteiger partial charge < -0.3 is 0 Å². The van der Waals surface area contributed by atoms with Gasteiger partial charge in [0.2, 0.25) is 8.13 Å². The molecule has 1 radical (unpaired) electrons. The first kappa shape index (κ1) is 20.9. The zero-order valence-corrected chi connectivity index (χ0v) is 16.9. The highest BCUT2D eigenvalue weighted by Gasteiger charge is 2.68. The second-order valence-electron chi connectivity index (χ2n) is 4.17. The Labute approximate surface area is 168 Å². The van der Waals surface area contributed by atoms with Crippen molar-refractivity contribution in [1.29, 1.82) is 0 Å². The topological polar surface area (TPSA) is 0 Å². The first-order valence-electron chi connectivity index (χ1n) is 5.38. The van der Waals surface area contributed by atoms with E-state index in [2.05, 4.69) is 6.92 Å². The summed E-state index contributed by atoms with van der Waals surface area (Å²) in [6.45, 7) is 3.76. The normalized spacial score (nSPS) is 14.4. The molecule has 1 rings (SSSR count). The zero-order chi connectivity index (χ0) is 16.7. The average molecular weight is 471 g/mol. The first-order chi connectivity index (χ1) is 9.29. The predicted molar refractivity (Wildman–Crippen MR) is 98.1 cm³/mol. The Morgan fingerprint density at radius 3 is 1.48 bits per heavy atom. The third kappa shape index (κ3) is 3.91. The Bertz CT molecular complexity index is 484. The van der Waals surface area contributed by atoms with Gasteiger partial charge in [0.1, 0.15) is 0 Å². The maximum atomic E-state index is 6.28. The van der Waals surface area contributed by atoms with Crippen LogP contribution < -0.4 is 0 Å². The summed E-state index contributed by atoms with van der Waals surface area (Å²) in [5.41, 5.74) is 1.30. The summed E-state index contributed by atoms with van der Waals surface area (Å²) in [5, 5.41) is 0. The minimum Gasteiger partial charge on any atom is -0.0943 e. The highest BCUT2D eigenvalue weighted by molar-refractivity contribution is 6.80. The van der Waals surface area contributed by atoms with E-state index in [9.17, 15) is 0 Å². The number of alkyl halides is 9. The lowest BCUT2D eigenvalue weighted by molar-refractivity contribution is 0.600. The Hall–Kier alpha value is 1.83. The van der Waals surface area contributed by atoms with Crippen LogP contribution in [0.5, 0.6) is 0 Å². The van der Waals surface area contributed by atoms with Gasteiger partial charge in [-0.25, -0.2) is 0 Å². The molecule has 0 amide bonds. The van der Waals surface area contributed by atoms with Crippen molar-refractivity contribution in [2.24, 2.45) is 0 Å². The van der Waals surface area contributed by atoms with Gasteiger partial charge in [0, 0.05) is 0 Å². The quantitative estimate of drug-likeness (QED) is 0.401. The molecule has 0 aliphatic carbocycles. The lowest BCUT2D eigenvalue weighted by Gasteiger charge is -2.44. The van der Waals surface area contributed by atoms with Crippen molar-refractivity contribution in [3.05, 3.63) is 42.3 Å². The lowest BCUT2D eigenvalue weighted by atomic mass is 10.0. The zero-order valence-electron chi connectivity index (χ0n) is 10.1. The highest BCUT2D eigenvalue weighted by Crippen LogP contribution is 2.65. The molecule has 0 saturated heterocycles. The van der Waals surface area contributed by atoms with E-state index in [4.69, 9.17) is 104 Å². The molecule has 21 heavy (non-hydrogen) atoms. The van der Waals surface area contributed by atoms with Gasteiger partial charge >= 0.3 is 0 Å². The van der Waals surface area contributed by atoms with Gasteiger partial charge in [0.15, 0.2) is 8.67 Å². The van der Waals surface area contributed by atoms with Crippen molar-refractivity contribution in [2.45, 2.75) is 23.2 Å². The van der Waals surface area contributed by atoms with E-state index in [1.54, 1.807) is 24.3 Å². The minimum atomic E-state index is -2.29. The SMILES string of the molecule is [CH2]Cc1ccc(C(Cl)(Cl)C(Cl)(Cl)C(Cl)(Cl)C(Cl)(Cl)Cl)cc1. The largest absolute Gasteiger partial charge is 0.226 e. The first-order valence-corrected chi connectivity index (χ1v) is 8.78. The van der Waals surface area contributed by atoms with Crippen molar-refractivity contribution in [3.63, 3.8) is 0 Å². The summed E-state index contributed by atoms with van der Waals surface area (Å²) in [4.78, 5) is 0. The monoisotopic (exact) mass is 467 g/mol. The van der Waals surface area contributed by atoms with Crippen LogP contribution in [0.15, 0.2) is 24.3 Å². The fourth-order valence-corrected chi connectivity index (χ4v) is 3.67. The molecule has 119 valence electrons. The van der Waals surface area contributed by atoms with Gasteiger partial charge in [-0.1, -0.05) is 129 Å². The van der Waals surface area contributed by atoms with Gasteiger partial charge in [-0.05, 0) is 24.5 Å². The van der Waals surface area contributed by atoms with E-state index < -0.39 is 16.8 Å². The molecular formula is C12H8Cl9. The Morgan fingerprint density at radius 2 is 1.14 bits per heavy atom. The molecule has 0 heterocycles. The third-order valence-corrected chi connectivity index (χ3v) is 8.23. The predicted octanol–water partition coefficient (Wildman–Crippen LogP) is 7.41. The van der Waals surface area contributed by atoms with Crippen molar-refractivity contribution >= 4 is 104 Å². The average Bonchev–Trinajstić information content (AvgIpc) is 2.37. The number of hydrogen-bond donors (Lipinski definition) is 0. The van der Waals surface area contributed by atoms with Gasteiger partial charge in [-0.2, -0.15) is 0 Å². The van der Waals surface area contributed by atoms with E-state index in [0.717, 1.165) is 5.56 Å². The Balaban J connectivity index is 3.32. The van der Waals surface area contributed by atoms with E-state index >= 15 is 0 Å². The summed E-state index contributed by atoms with van der Waals surface area (Å²) in [7, 11) is 0.